The maximum absolute atomic E-state index is 13.0. The summed E-state index contributed by atoms with van der Waals surface area (Å²) >= 11 is 1.42. The minimum atomic E-state index is -0.426. The van der Waals surface area contributed by atoms with E-state index in [-0.39, 0.29) is 18.3 Å². The highest BCUT2D eigenvalue weighted by Crippen LogP contribution is 2.24. The van der Waals surface area contributed by atoms with Crippen molar-refractivity contribution in [3.63, 3.8) is 0 Å². The Hall–Kier alpha value is -3.06. The summed E-state index contributed by atoms with van der Waals surface area (Å²) < 4.78 is 18.4. The fraction of sp³-hybridized carbons (Fsp3) is 0.227. The van der Waals surface area contributed by atoms with Crippen LogP contribution >= 0.6 is 11.3 Å². The number of rotatable bonds is 6. The number of likely N-dealkylation sites (tertiary alicyclic amines) is 1. The maximum atomic E-state index is 13.0. The lowest BCUT2D eigenvalue weighted by Crippen LogP contribution is -2.23. The van der Waals surface area contributed by atoms with E-state index in [2.05, 4.69) is 4.98 Å². The van der Waals surface area contributed by atoms with Crippen molar-refractivity contribution in [2.45, 2.75) is 26.0 Å². The van der Waals surface area contributed by atoms with Gasteiger partial charge in [-0.2, -0.15) is 0 Å². The molecule has 1 saturated heterocycles. The Morgan fingerprint density at radius 3 is 2.59 bits per heavy atom. The van der Waals surface area contributed by atoms with Crippen molar-refractivity contribution < 1.29 is 18.7 Å². The number of amides is 1. The van der Waals surface area contributed by atoms with E-state index in [1.165, 1.54) is 23.5 Å². The van der Waals surface area contributed by atoms with Gasteiger partial charge in [0.25, 0.3) is 0 Å². The second-order valence-electron chi connectivity index (χ2n) is 6.84. The second-order valence-corrected chi connectivity index (χ2v) is 7.70. The summed E-state index contributed by atoms with van der Waals surface area (Å²) in [4.78, 5) is 30.3. The Morgan fingerprint density at radius 2 is 1.90 bits per heavy atom. The summed E-state index contributed by atoms with van der Waals surface area (Å²) in [5.41, 5.74) is 2.91. The van der Waals surface area contributed by atoms with Gasteiger partial charge in [0.05, 0.1) is 11.3 Å². The van der Waals surface area contributed by atoms with Crippen molar-refractivity contribution in [1.29, 1.82) is 0 Å². The van der Waals surface area contributed by atoms with Crippen molar-refractivity contribution >= 4 is 23.2 Å². The third-order valence-electron chi connectivity index (χ3n) is 4.73. The normalized spacial score (nSPS) is 13.7. The minimum Gasteiger partial charge on any atom is -0.456 e. The molecule has 3 aromatic rings. The van der Waals surface area contributed by atoms with E-state index in [4.69, 9.17) is 4.74 Å². The smallest absolute Gasteiger partial charge is 0.338 e. The lowest BCUT2D eigenvalue weighted by molar-refractivity contribution is -0.128. The molecule has 2 heterocycles. The van der Waals surface area contributed by atoms with Crippen LogP contribution in [0, 0.1) is 5.82 Å². The number of carbonyl (C=O) groups is 2. The molecule has 0 N–H and O–H groups in total. The fourth-order valence-electron chi connectivity index (χ4n) is 3.16. The van der Waals surface area contributed by atoms with E-state index in [9.17, 15) is 14.0 Å². The van der Waals surface area contributed by atoms with Gasteiger partial charge in [-0.15, -0.1) is 11.3 Å². The number of ether oxygens (including phenoxy) is 1. The van der Waals surface area contributed by atoms with Gasteiger partial charge in [0.15, 0.2) is 0 Å². The molecule has 7 heteroatoms. The molecular weight excluding hydrogens is 391 g/mol. The third kappa shape index (κ3) is 4.68. The molecule has 0 spiro atoms. The number of nitrogens with zero attached hydrogens (tertiary/aromatic N) is 2. The number of carbonyl (C=O) groups excluding carboxylic acids is 2. The molecule has 29 heavy (non-hydrogen) atoms. The summed E-state index contributed by atoms with van der Waals surface area (Å²) in [6.07, 6.45) is 1.52. The highest BCUT2D eigenvalue weighted by Gasteiger charge is 2.20. The molecule has 1 amide bonds. The molecule has 0 radical (unpaired) electrons. The molecule has 2 aromatic carbocycles. The fourth-order valence-corrected chi connectivity index (χ4v) is 3.97. The van der Waals surface area contributed by atoms with Crippen LogP contribution in [0.2, 0.25) is 0 Å². The molecule has 0 atom stereocenters. The van der Waals surface area contributed by atoms with Crippen LogP contribution in [0.5, 0.6) is 0 Å². The van der Waals surface area contributed by atoms with Gasteiger partial charge in [-0.3, -0.25) is 4.79 Å². The zero-order valence-electron chi connectivity index (χ0n) is 15.6. The lowest BCUT2D eigenvalue weighted by Gasteiger charge is -2.15. The summed E-state index contributed by atoms with van der Waals surface area (Å²) in [6, 6.07) is 13.2. The van der Waals surface area contributed by atoms with E-state index in [1.54, 1.807) is 24.3 Å². The summed E-state index contributed by atoms with van der Waals surface area (Å²) in [7, 11) is 0. The van der Waals surface area contributed by atoms with Crippen LogP contribution < -0.4 is 0 Å². The van der Waals surface area contributed by atoms with Gasteiger partial charge < -0.3 is 9.64 Å². The topological polar surface area (TPSA) is 59.5 Å². The van der Waals surface area contributed by atoms with E-state index in [1.807, 2.05) is 22.4 Å². The number of halogens is 1. The first-order chi connectivity index (χ1) is 14.1. The molecule has 1 aliphatic heterocycles. The van der Waals surface area contributed by atoms with Crippen LogP contribution in [-0.2, 0) is 22.7 Å². The number of thiazole rings is 1. The standard InChI is InChI=1S/C22H19FN2O3S/c23-18-9-7-16(8-10-18)21-24-19(14-29-21)13-28-22(27)17-5-3-15(4-6-17)12-25-11-1-2-20(25)26/h3-10,14H,1-2,11-13H2. The van der Waals surface area contributed by atoms with E-state index in [0.717, 1.165) is 29.1 Å². The van der Waals surface area contributed by atoms with Crippen LogP contribution in [0.15, 0.2) is 53.9 Å². The van der Waals surface area contributed by atoms with Crippen molar-refractivity contribution in [2.75, 3.05) is 6.54 Å². The first-order valence-corrected chi connectivity index (χ1v) is 10.2. The van der Waals surface area contributed by atoms with Crippen LogP contribution in [0.25, 0.3) is 10.6 Å². The minimum absolute atomic E-state index is 0.0700. The zero-order valence-corrected chi connectivity index (χ0v) is 16.5. The molecule has 5 nitrogen and oxygen atoms in total. The third-order valence-corrected chi connectivity index (χ3v) is 5.67. The Kier molecular flexibility index (Phi) is 5.67. The molecule has 4 rings (SSSR count). The molecule has 0 unspecified atom stereocenters. The molecule has 1 aliphatic rings. The Labute approximate surface area is 171 Å². The number of hydrogen-bond donors (Lipinski definition) is 0. The second kappa shape index (κ2) is 8.53. The zero-order chi connectivity index (χ0) is 20.2. The van der Waals surface area contributed by atoms with Crippen LogP contribution in [0.4, 0.5) is 4.39 Å². The van der Waals surface area contributed by atoms with Gasteiger partial charge in [-0.1, -0.05) is 12.1 Å². The monoisotopic (exact) mass is 410 g/mol. The highest BCUT2D eigenvalue weighted by atomic mass is 32.1. The van der Waals surface area contributed by atoms with Crippen molar-refractivity contribution in [3.8, 4) is 10.6 Å². The largest absolute Gasteiger partial charge is 0.456 e. The first kappa shape index (κ1) is 19.3. The molecule has 1 aromatic heterocycles. The van der Waals surface area contributed by atoms with Gasteiger partial charge in [-0.05, 0) is 48.4 Å². The Balaban J connectivity index is 1.32. The SMILES string of the molecule is O=C(OCc1csc(-c2ccc(F)cc2)n1)c1ccc(CN2CCCC2=O)cc1. The molecule has 0 bridgehead atoms. The van der Waals surface area contributed by atoms with Crippen LogP contribution in [0.3, 0.4) is 0 Å². The molecule has 148 valence electrons. The summed E-state index contributed by atoms with van der Waals surface area (Å²) in [5.74, 6) is -0.542. The molecule has 1 fully saturated rings. The van der Waals surface area contributed by atoms with Gasteiger partial charge in [-0.25, -0.2) is 14.2 Å². The van der Waals surface area contributed by atoms with Crippen LogP contribution in [0.1, 0.15) is 34.5 Å². The van der Waals surface area contributed by atoms with Crippen LogP contribution in [-0.4, -0.2) is 28.3 Å². The van der Waals surface area contributed by atoms with Gasteiger partial charge >= 0.3 is 5.97 Å². The predicted octanol–water partition coefficient (Wildman–Crippen LogP) is 4.43. The van der Waals surface area contributed by atoms with Crippen molar-refractivity contribution in [2.24, 2.45) is 0 Å². The van der Waals surface area contributed by atoms with Crippen molar-refractivity contribution in [1.82, 2.24) is 9.88 Å². The Morgan fingerprint density at radius 1 is 1.14 bits per heavy atom. The summed E-state index contributed by atoms with van der Waals surface area (Å²) in [5, 5.41) is 2.57. The number of esters is 1. The van der Waals surface area contributed by atoms with Gasteiger partial charge in [0.2, 0.25) is 5.91 Å². The first-order valence-electron chi connectivity index (χ1n) is 9.33. The quantitative estimate of drug-likeness (QED) is 0.564. The van der Waals surface area contributed by atoms with E-state index >= 15 is 0 Å². The Bertz CT molecular complexity index is 1020. The highest BCUT2D eigenvalue weighted by molar-refractivity contribution is 7.13. The van der Waals surface area contributed by atoms with Crippen molar-refractivity contribution in [3.05, 3.63) is 76.5 Å². The number of hydrogen-bond acceptors (Lipinski definition) is 5. The lowest BCUT2D eigenvalue weighted by atomic mass is 10.1. The number of benzene rings is 2. The molecular formula is C22H19FN2O3S. The molecule has 0 aliphatic carbocycles. The average Bonchev–Trinajstić information content (AvgIpc) is 3.37. The van der Waals surface area contributed by atoms with E-state index < -0.39 is 5.97 Å². The van der Waals surface area contributed by atoms with Gasteiger partial charge in [0, 0.05) is 30.5 Å². The van der Waals surface area contributed by atoms with Gasteiger partial charge in [0.1, 0.15) is 17.4 Å². The predicted molar refractivity (Wildman–Crippen MR) is 108 cm³/mol. The molecule has 0 saturated carbocycles. The average molecular weight is 410 g/mol. The maximum Gasteiger partial charge on any atom is 0.338 e. The number of aromatic nitrogens is 1. The summed E-state index contributed by atoms with van der Waals surface area (Å²) in [6.45, 7) is 1.43. The van der Waals surface area contributed by atoms with E-state index in [0.29, 0.717) is 24.2 Å².